The van der Waals surface area contributed by atoms with Gasteiger partial charge in [0.2, 0.25) is 5.91 Å². The number of anilines is 1. The zero-order valence-electron chi connectivity index (χ0n) is 18.9. The number of hydrogen-bond donors (Lipinski definition) is 0. The number of carbonyl (C=O) groups excluding carboxylic acids is 1. The number of aryl methyl sites for hydroxylation is 1. The Morgan fingerprint density at radius 1 is 1.00 bits per heavy atom. The number of benzene rings is 2. The average Bonchev–Trinajstić information content (AvgIpc) is 3.31. The van der Waals surface area contributed by atoms with E-state index in [0.717, 1.165) is 22.4 Å². The normalized spacial score (nSPS) is 13.1. The predicted molar refractivity (Wildman–Crippen MR) is 127 cm³/mol. The Balaban J connectivity index is 1.45. The fourth-order valence-corrected chi connectivity index (χ4v) is 4.33. The van der Waals surface area contributed by atoms with E-state index in [1.165, 1.54) is 11.6 Å². The Morgan fingerprint density at radius 3 is 2.45 bits per heavy atom. The minimum atomic E-state index is -0.0835. The van der Waals surface area contributed by atoms with Gasteiger partial charge in [-0.2, -0.15) is 0 Å². The summed E-state index contributed by atoms with van der Waals surface area (Å²) < 4.78 is 3.33. The van der Waals surface area contributed by atoms with E-state index in [0.29, 0.717) is 30.5 Å². The molecule has 2 aromatic carbocycles. The van der Waals surface area contributed by atoms with Crippen molar-refractivity contribution in [3.8, 4) is 17.1 Å². The lowest BCUT2D eigenvalue weighted by Crippen LogP contribution is -2.27. The number of fused-ring (bicyclic) bond motifs is 1. The summed E-state index contributed by atoms with van der Waals surface area (Å²) in [6.45, 7) is 4.71. The van der Waals surface area contributed by atoms with Crippen LogP contribution in [0, 0.1) is 0 Å². The van der Waals surface area contributed by atoms with E-state index >= 15 is 0 Å². The standard InChI is InChI=1S/C26H25N5O2/c1-17(2)21-6-4-5-7-22(21)25-27-15-19-14-24(33)30(26(19)28-25)16-18-8-10-20(11-9-18)31-23(32)12-13-29(31)3/h4-13,15,17H,14,16H2,1-3H3. The number of nitrogens with zero attached hydrogens (tertiary/aromatic N) is 5. The average molecular weight is 440 g/mol. The van der Waals surface area contributed by atoms with Crippen LogP contribution in [0.25, 0.3) is 17.1 Å². The second kappa shape index (κ2) is 8.16. The molecule has 0 saturated heterocycles. The Hall–Kier alpha value is -4.00. The van der Waals surface area contributed by atoms with Gasteiger partial charge in [-0.15, -0.1) is 0 Å². The monoisotopic (exact) mass is 439 g/mol. The smallest absolute Gasteiger partial charge is 0.271 e. The van der Waals surface area contributed by atoms with E-state index in [-0.39, 0.29) is 11.5 Å². The van der Waals surface area contributed by atoms with E-state index in [9.17, 15) is 9.59 Å². The number of hydrogen-bond acceptors (Lipinski definition) is 4. The van der Waals surface area contributed by atoms with E-state index in [4.69, 9.17) is 4.98 Å². The molecule has 1 aliphatic heterocycles. The van der Waals surface area contributed by atoms with Crippen molar-refractivity contribution < 1.29 is 4.79 Å². The molecule has 0 saturated carbocycles. The molecule has 1 amide bonds. The molecule has 0 fully saturated rings. The third kappa shape index (κ3) is 3.75. The van der Waals surface area contributed by atoms with Crippen molar-refractivity contribution in [2.24, 2.45) is 7.05 Å². The van der Waals surface area contributed by atoms with E-state index in [1.807, 2.05) is 49.5 Å². The number of rotatable bonds is 5. The summed E-state index contributed by atoms with van der Waals surface area (Å²) in [5.74, 6) is 1.66. The molecule has 33 heavy (non-hydrogen) atoms. The van der Waals surface area contributed by atoms with Gasteiger partial charge in [-0.05, 0) is 29.2 Å². The van der Waals surface area contributed by atoms with E-state index < -0.39 is 0 Å². The first-order valence-corrected chi connectivity index (χ1v) is 11.0. The maximum atomic E-state index is 12.8. The first-order valence-electron chi connectivity index (χ1n) is 11.0. The second-order valence-electron chi connectivity index (χ2n) is 8.65. The summed E-state index contributed by atoms with van der Waals surface area (Å²) in [6.07, 6.45) is 3.81. The highest BCUT2D eigenvalue weighted by Crippen LogP contribution is 2.32. The summed E-state index contributed by atoms with van der Waals surface area (Å²) in [6, 6.07) is 17.3. The molecule has 1 aliphatic rings. The number of carbonyl (C=O) groups is 1. The van der Waals surface area contributed by atoms with Gasteiger partial charge >= 0.3 is 0 Å². The lowest BCUT2D eigenvalue weighted by molar-refractivity contribution is -0.117. The van der Waals surface area contributed by atoms with Crippen molar-refractivity contribution in [1.29, 1.82) is 0 Å². The fourth-order valence-electron chi connectivity index (χ4n) is 4.33. The van der Waals surface area contributed by atoms with Crippen LogP contribution in [0.3, 0.4) is 0 Å². The van der Waals surface area contributed by atoms with Gasteiger partial charge in [0.1, 0.15) is 5.82 Å². The molecule has 7 heteroatoms. The van der Waals surface area contributed by atoms with Crippen molar-refractivity contribution in [2.45, 2.75) is 32.7 Å². The number of amides is 1. The van der Waals surface area contributed by atoms with Crippen LogP contribution in [0.2, 0.25) is 0 Å². The van der Waals surface area contributed by atoms with E-state index in [2.05, 4.69) is 24.9 Å². The molecule has 4 aromatic rings. The number of aromatic nitrogens is 4. The van der Waals surface area contributed by atoms with Gasteiger partial charge in [0.05, 0.1) is 18.7 Å². The van der Waals surface area contributed by atoms with Crippen LogP contribution < -0.4 is 10.5 Å². The molecule has 0 radical (unpaired) electrons. The Labute approximate surface area is 191 Å². The van der Waals surface area contributed by atoms with Gasteiger partial charge in [0.15, 0.2) is 5.82 Å². The summed E-state index contributed by atoms with van der Waals surface area (Å²) >= 11 is 0. The molecule has 0 spiro atoms. The highest BCUT2D eigenvalue weighted by atomic mass is 16.2. The van der Waals surface area contributed by atoms with Crippen LogP contribution in [0.15, 0.2) is 71.8 Å². The quantitative estimate of drug-likeness (QED) is 0.474. The second-order valence-corrected chi connectivity index (χ2v) is 8.65. The van der Waals surface area contributed by atoms with Crippen molar-refractivity contribution in [3.05, 3.63) is 94.0 Å². The van der Waals surface area contributed by atoms with Gasteiger partial charge in [0, 0.05) is 36.6 Å². The molecule has 5 rings (SSSR count). The van der Waals surface area contributed by atoms with Crippen LogP contribution in [-0.2, 0) is 24.8 Å². The van der Waals surface area contributed by atoms with Crippen molar-refractivity contribution in [2.75, 3.05) is 4.90 Å². The maximum absolute atomic E-state index is 12.8. The summed E-state index contributed by atoms with van der Waals surface area (Å²) in [4.78, 5) is 36.0. The van der Waals surface area contributed by atoms with Crippen LogP contribution in [0.1, 0.15) is 36.5 Å². The molecule has 0 N–H and O–H groups in total. The van der Waals surface area contributed by atoms with Crippen molar-refractivity contribution in [1.82, 2.24) is 19.3 Å². The van der Waals surface area contributed by atoms with Crippen LogP contribution in [0.5, 0.6) is 0 Å². The van der Waals surface area contributed by atoms with Gasteiger partial charge < -0.3 is 0 Å². The molecular weight excluding hydrogens is 414 g/mol. The van der Waals surface area contributed by atoms with Crippen LogP contribution in [0.4, 0.5) is 5.82 Å². The zero-order chi connectivity index (χ0) is 23.1. The summed E-state index contributed by atoms with van der Waals surface area (Å²) in [5, 5.41) is 0. The largest absolute Gasteiger partial charge is 0.292 e. The molecule has 0 unspecified atom stereocenters. The first kappa shape index (κ1) is 20.9. The van der Waals surface area contributed by atoms with Crippen molar-refractivity contribution in [3.63, 3.8) is 0 Å². The lowest BCUT2D eigenvalue weighted by atomic mass is 9.97. The fraction of sp³-hybridized carbons (Fsp3) is 0.231. The molecule has 166 valence electrons. The molecular formula is C26H25N5O2. The van der Waals surface area contributed by atoms with Crippen LogP contribution in [-0.4, -0.2) is 25.2 Å². The molecule has 0 atom stereocenters. The minimum absolute atomic E-state index is 0.0105. The molecule has 7 nitrogen and oxygen atoms in total. The Bertz CT molecular complexity index is 1400. The molecule has 0 bridgehead atoms. The van der Waals surface area contributed by atoms with E-state index in [1.54, 1.807) is 26.7 Å². The highest BCUT2D eigenvalue weighted by Gasteiger charge is 2.30. The van der Waals surface area contributed by atoms with Crippen molar-refractivity contribution >= 4 is 11.7 Å². The van der Waals surface area contributed by atoms with Gasteiger partial charge in [-0.25, -0.2) is 14.6 Å². The topological polar surface area (TPSA) is 73.0 Å². The van der Waals surface area contributed by atoms with Crippen LogP contribution >= 0.6 is 0 Å². The highest BCUT2D eigenvalue weighted by molar-refractivity contribution is 6.00. The molecule has 0 aliphatic carbocycles. The van der Waals surface area contributed by atoms with Gasteiger partial charge in [0.25, 0.3) is 5.56 Å². The lowest BCUT2D eigenvalue weighted by Gasteiger charge is -2.18. The maximum Gasteiger partial charge on any atom is 0.271 e. The van der Waals surface area contributed by atoms with Gasteiger partial charge in [-0.3, -0.25) is 19.2 Å². The summed E-state index contributed by atoms with van der Waals surface area (Å²) in [5.41, 5.74) is 4.67. The SMILES string of the molecule is CC(C)c1ccccc1-c1ncc2c(n1)N(Cc1ccc(-n3c(=O)ccn3C)cc1)C(=O)C2. The molecule has 2 aromatic heterocycles. The predicted octanol–water partition coefficient (Wildman–Crippen LogP) is 3.85. The zero-order valence-corrected chi connectivity index (χ0v) is 18.9. The first-order chi connectivity index (χ1) is 15.9. The third-order valence-corrected chi connectivity index (χ3v) is 6.04. The Kier molecular flexibility index (Phi) is 5.17. The van der Waals surface area contributed by atoms with Gasteiger partial charge in [-0.1, -0.05) is 50.2 Å². The molecule has 3 heterocycles. The summed E-state index contributed by atoms with van der Waals surface area (Å²) in [7, 11) is 1.82. The third-order valence-electron chi connectivity index (χ3n) is 6.04. The Morgan fingerprint density at radius 2 is 1.76 bits per heavy atom. The minimum Gasteiger partial charge on any atom is -0.292 e.